The molecule has 5 nitrogen and oxygen atoms in total. The molecule has 0 bridgehead atoms. The van der Waals surface area contributed by atoms with Crippen molar-refractivity contribution < 1.29 is 9.53 Å². The van der Waals surface area contributed by atoms with Crippen LogP contribution >= 0.6 is 0 Å². The summed E-state index contributed by atoms with van der Waals surface area (Å²) in [7, 11) is 1.51. The van der Waals surface area contributed by atoms with Crippen LogP contribution in [0, 0.1) is 0 Å². The summed E-state index contributed by atoms with van der Waals surface area (Å²) in [6.07, 6.45) is 3.43. The molecule has 0 aliphatic rings. The van der Waals surface area contributed by atoms with Crippen molar-refractivity contribution in [3.05, 3.63) is 36.7 Å². The van der Waals surface area contributed by atoms with Gasteiger partial charge in [-0.05, 0) is 17.5 Å². The molecule has 5 heteroatoms. The van der Waals surface area contributed by atoms with Gasteiger partial charge in [-0.15, -0.1) is 0 Å². The van der Waals surface area contributed by atoms with E-state index >= 15 is 0 Å². The first-order chi connectivity index (χ1) is 8.72. The van der Waals surface area contributed by atoms with Gasteiger partial charge in [0.15, 0.2) is 0 Å². The van der Waals surface area contributed by atoms with E-state index in [-0.39, 0.29) is 12.5 Å². The minimum atomic E-state index is -0.679. The van der Waals surface area contributed by atoms with E-state index in [9.17, 15) is 4.79 Å². The predicted octanol–water partition coefficient (Wildman–Crippen LogP) is 1.15. The number of ether oxygens (including phenoxy) is 1. The molecule has 0 fully saturated rings. The summed E-state index contributed by atoms with van der Waals surface area (Å²) in [6.45, 7) is 0.189. The molecule has 1 amide bonds. The lowest BCUT2D eigenvalue weighted by Gasteiger charge is -2.12. The fourth-order valence-electron chi connectivity index (χ4n) is 1.70. The highest BCUT2D eigenvalue weighted by Gasteiger charge is 2.14. The quantitative estimate of drug-likeness (QED) is 0.847. The Morgan fingerprint density at radius 1 is 1.50 bits per heavy atom. The molecule has 0 aliphatic carbocycles. The molecular weight excluding hydrogens is 230 g/mol. The van der Waals surface area contributed by atoms with Gasteiger partial charge in [-0.1, -0.05) is 12.1 Å². The largest absolute Gasteiger partial charge is 0.383 e. The lowest BCUT2D eigenvalue weighted by atomic mass is 10.1. The van der Waals surface area contributed by atoms with Crippen molar-refractivity contribution in [1.82, 2.24) is 4.98 Å². The number of pyridine rings is 1. The Morgan fingerprint density at radius 2 is 2.33 bits per heavy atom. The Balaban J connectivity index is 2.24. The van der Waals surface area contributed by atoms with Gasteiger partial charge in [0.05, 0.1) is 12.3 Å². The summed E-state index contributed by atoms with van der Waals surface area (Å²) >= 11 is 0. The summed E-state index contributed by atoms with van der Waals surface area (Å²) in [4.78, 5) is 15.9. The molecule has 18 heavy (non-hydrogen) atoms. The highest BCUT2D eigenvalue weighted by molar-refractivity contribution is 6.03. The van der Waals surface area contributed by atoms with Crippen LogP contribution in [0.1, 0.15) is 0 Å². The Bertz CT molecular complexity index is 551. The molecule has 0 radical (unpaired) electrons. The van der Waals surface area contributed by atoms with E-state index in [1.807, 2.05) is 24.3 Å². The number of nitrogens with zero attached hydrogens (tertiary/aromatic N) is 1. The number of aromatic nitrogens is 1. The highest BCUT2D eigenvalue weighted by Crippen LogP contribution is 2.21. The van der Waals surface area contributed by atoms with E-state index in [1.54, 1.807) is 12.4 Å². The summed E-state index contributed by atoms with van der Waals surface area (Å²) in [5.74, 6) is -0.270. The topological polar surface area (TPSA) is 77.2 Å². The van der Waals surface area contributed by atoms with Gasteiger partial charge in [0.2, 0.25) is 5.91 Å². The van der Waals surface area contributed by atoms with E-state index < -0.39 is 6.04 Å². The van der Waals surface area contributed by atoms with Gasteiger partial charge in [-0.2, -0.15) is 0 Å². The van der Waals surface area contributed by atoms with E-state index in [0.29, 0.717) is 5.69 Å². The third-order valence-corrected chi connectivity index (χ3v) is 2.62. The van der Waals surface area contributed by atoms with Crippen LogP contribution in [0.5, 0.6) is 0 Å². The monoisotopic (exact) mass is 245 g/mol. The second-order valence-corrected chi connectivity index (χ2v) is 3.95. The minimum Gasteiger partial charge on any atom is -0.383 e. The molecule has 1 unspecified atom stereocenters. The number of hydrogen-bond acceptors (Lipinski definition) is 4. The molecule has 2 aromatic rings. The summed E-state index contributed by atoms with van der Waals surface area (Å²) < 4.78 is 4.85. The van der Waals surface area contributed by atoms with E-state index in [0.717, 1.165) is 10.8 Å². The molecule has 0 saturated heterocycles. The highest BCUT2D eigenvalue weighted by atomic mass is 16.5. The van der Waals surface area contributed by atoms with Crippen molar-refractivity contribution in [3.63, 3.8) is 0 Å². The van der Waals surface area contributed by atoms with E-state index in [1.165, 1.54) is 7.11 Å². The molecule has 2 rings (SSSR count). The number of carbonyl (C=O) groups is 1. The Labute approximate surface area is 105 Å². The molecule has 0 spiro atoms. The van der Waals surface area contributed by atoms with Crippen molar-refractivity contribution in [3.8, 4) is 0 Å². The molecule has 3 N–H and O–H groups in total. The van der Waals surface area contributed by atoms with Gasteiger partial charge in [-0.25, -0.2) is 0 Å². The van der Waals surface area contributed by atoms with Gasteiger partial charge in [-0.3, -0.25) is 9.78 Å². The van der Waals surface area contributed by atoms with Gasteiger partial charge < -0.3 is 15.8 Å². The van der Waals surface area contributed by atoms with Crippen LogP contribution in [-0.4, -0.2) is 30.6 Å². The summed E-state index contributed by atoms with van der Waals surface area (Å²) in [5, 5.41) is 4.69. The first kappa shape index (κ1) is 12.5. The number of anilines is 1. The van der Waals surface area contributed by atoms with Crippen molar-refractivity contribution in [1.29, 1.82) is 0 Å². The first-order valence-electron chi connectivity index (χ1n) is 5.60. The van der Waals surface area contributed by atoms with Crippen LogP contribution in [0.4, 0.5) is 5.69 Å². The van der Waals surface area contributed by atoms with E-state index in [4.69, 9.17) is 10.5 Å². The summed E-state index contributed by atoms with van der Waals surface area (Å²) in [5.41, 5.74) is 6.37. The zero-order valence-electron chi connectivity index (χ0n) is 10.1. The van der Waals surface area contributed by atoms with Crippen molar-refractivity contribution in [2.45, 2.75) is 6.04 Å². The van der Waals surface area contributed by atoms with Crippen LogP contribution in [0.15, 0.2) is 36.7 Å². The molecular formula is C13H15N3O2. The number of methoxy groups -OCH3 is 1. The third-order valence-electron chi connectivity index (χ3n) is 2.62. The van der Waals surface area contributed by atoms with Gasteiger partial charge in [0.1, 0.15) is 6.04 Å². The number of carbonyl (C=O) groups excluding carboxylic acids is 1. The lowest BCUT2D eigenvalue weighted by molar-refractivity contribution is -0.118. The molecule has 1 atom stereocenters. The second kappa shape index (κ2) is 5.57. The van der Waals surface area contributed by atoms with Crippen LogP contribution in [0.2, 0.25) is 0 Å². The van der Waals surface area contributed by atoms with Crippen molar-refractivity contribution in [2.75, 3.05) is 19.0 Å². The predicted molar refractivity (Wildman–Crippen MR) is 70.2 cm³/mol. The van der Waals surface area contributed by atoms with E-state index in [2.05, 4.69) is 10.3 Å². The number of amides is 1. The SMILES string of the molecule is COCC(N)C(=O)Nc1cccc2ccncc12. The number of hydrogen-bond donors (Lipinski definition) is 2. The Morgan fingerprint density at radius 3 is 3.11 bits per heavy atom. The molecule has 94 valence electrons. The second-order valence-electron chi connectivity index (χ2n) is 3.95. The van der Waals surface area contributed by atoms with Crippen LogP contribution in [0.3, 0.4) is 0 Å². The number of nitrogens with two attached hydrogens (primary N) is 1. The fraction of sp³-hybridized carbons (Fsp3) is 0.231. The lowest BCUT2D eigenvalue weighted by Crippen LogP contribution is -2.39. The first-order valence-corrected chi connectivity index (χ1v) is 5.60. The average Bonchev–Trinajstić information content (AvgIpc) is 2.39. The van der Waals surface area contributed by atoms with Crippen LogP contribution in [0.25, 0.3) is 10.8 Å². The Hall–Kier alpha value is -1.98. The zero-order valence-corrected chi connectivity index (χ0v) is 10.1. The molecule has 0 saturated carbocycles. The molecule has 1 aromatic heterocycles. The number of fused-ring (bicyclic) bond motifs is 1. The molecule has 0 aliphatic heterocycles. The zero-order chi connectivity index (χ0) is 13.0. The number of nitrogens with one attached hydrogen (secondary N) is 1. The minimum absolute atomic E-state index is 0.189. The van der Waals surface area contributed by atoms with Crippen molar-refractivity contribution in [2.24, 2.45) is 5.73 Å². The summed E-state index contributed by atoms with van der Waals surface area (Å²) in [6, 6.07) is 6.87. The normalized spacial score (nSPS) is 12.3. The fourth-order valence-corrected chi connectivity index (χ4v) is 1.70. The molecule has 1 aromatic carbocycles. The number of rotatable bonds is 4. The smallest absolute Gasteiger partial charge is 0.243 e. The standard InChI is InChI=1S/C13H15N3O2/c1-18-8-11(14)13(17)16-12-4-2-3-9-5-6-15-7-10(9)12/h2-7,11H,8,14H2,1H3,(H,16,17). The maximum Gasteiger partial charge on any atom is 0.243 e. The maximum atomic E-state index is 11.8. The van der Waals surface area contributed by atoms with Gasteiger partial charge >= 0.3 is 0 Å². The van der Waals surface area contributed by atoms with Crippen LogP contribution < -0.4 is 11.1 Å². The number of benzene rings is 1. The van der Waals surface area contributed by atoms with Crippen molar-refractivity contribution >= 4 is 22.4 Å². The maximum absolute atomic E-state index is 11.8. The Kier molecular flexibility index (Phi) is 3.86. The molecule has 1 heterocycles. The van der Waals surface area contributed by atoms with Gasteiger partial charge in [0.25, 0.3) is 0 Å². The third kappa shape index (κ3) is 2.64. The van der Waals surface area contributed by atoms with Crippen LogP contribution in [-0.2, 0) is 9.53 Å². The van der Waals surface area contributed by atoms with Gasteiger partial charge in [0, 0.05) is 24.9 Å². The average molecular weight is 245 g/mol.